The van der Waals surface area contributed by atoms with Crippen LogP contribution in [0.2, 0.25) is 19.6 Å². The largest absolute Gasteiger partial charge is 0.331 e. The van der Waals surface area contributed by atoms with Gasteiger partial charge in [-0.3, -0.25) is 9.97 Å². The first-order valence-electron chi connectivity index (χ1n) is 24.8. The fourth-order valence-electron chi connectivity index (χ4n) is 7.75. The van der Waals surface area contributed by atoms with E-state index in [2.05, 4.69) is 111 Å². The van der Waals surface area contributed by atoms with Crippen LogP contribution >= 0.6 is 11.3 Å². The minimum absolute atomic E-state index is 0. The monoisotopic (exact) mass is 1020 g/mol. The molecular weight excluding hydrogens is 957 g/mol. The van der Waals surface area contributed by atoms with Crippen LogP contribution in [0.1, 0.15) is 85.4 Å². The molecule has 0 amide bonds. The van der Waals surface area contributed by atoms with E-state index < -0.39 is 28.6 Å². The summed E-state index contributed by atoms with van der Waals surface area (Å²) in [5.74, 6) is 0.943. The molecule has 4 heterocycles. The van der Waals surface area contributed by atoms with Crippen molar-refractivity contribution in [2.24, 2.45) is 0 Å². The maximum Gasteiger partial charge on any atom is 0.0851 e. The summed E-state index contributed by atoms with van der Waals surface area (Å²) in [7, 11) is -1.34. The Morgan fingerprint density at radius 2 is 1.49 bits per heavy atom. The van der Waals surface area contributed by atoms with Gasteiger partial charge >= 0.3 is 0 Å². The first kappa shape index (κ1) is 33.6. The molecule has 0 aliphatic rings. The predicted molar refractivity (Wildman–Crippen MR) is 260 cm³/mol. The molecule has 0 saturated heterocycles. The normalized spacial score (nSPS) is 14.5. The van der Waals surface area contributed by atoms with Crippen molar-refractivity contribution in [1.82, 2.24) is 19.5 Å². The topological polar surface area (TPSA) is 43.6 Å². The van der Waals surface area contributed by atoms with Crippen LogP contribution in [0.15, 0.2) is 116 Å². The number of aromatic nitrogens is 4. The number of hydrogen-bond donors (Lipinski definition) is 0. The summed E-state index contributed by atoms with van der Waals surface area (Å²) >= 11 is 1.38. The number of rotatable bonds is 7. The molecule has 5 aromatic carbocycles. The molecule has 0 atom stereocenters. The van der Waals surface area contributed by atoms with Gasteiger partial charge in [-0.1, -0.05) is 127 Å². The van der Waals surface area contributed by atoms with Gasteiger partial charge in [-0.15, -0.1) is 53.1 Å². The summed E-state index contributed by atoms with van der Waals surface area (Å²) in [5.41, 5.74) is 11.1. The van der Waals surface area contributed by atoms with Crippen molar-refractivity contribution in [2.75, 3.05) is 0 Å². The van der Waals surface area contributed by atoms with Crippen molar-refractivity contribution in [3.8, 4) is 39.5 Å². The average Bonchev–Trinajstić information content (AvgIpc) is 3.87. The standard InChI is InChI=1S/C39H36N3S.C15H18NSi.Ir/c1-22(2)31-20-28(27-11-9-8-10-12-27)21-32(23(3)4)37(31)42-36-26(7)40-18-17-33(36)41-39(42)30-16-14-25(6)35-29-15-13-24(5)19-34(29)43-38(30)35;1-12-5-7-13(8-6-12)15-10-9-14(11-16-15)17(2,3)4;/h8-15,17-23H,1-7H3;5-7,9-11H,1-4H3;/q2*-1;/i5D3,6D3;1D3;. The minimum Gasteiger partial charge on any atom is -0.331 e. The van der Waals surface area contributed by atoms with E-state index in [4.69, 9.17) is 22.3 Å². The molecule has 1 radical (unpaired) electrons. The third-order valence-corrected chi connectivity index (χ3v) is 14.2. The van der Waals surface area contributed by atoms with Gasteiger partial charge in [0, 0.05) is 55.2 Å². The fraction of sp³-hybridized carbons (Fsp3) is 0.241. The van der Waals surface area contributed by atoms with E-state index in [1.165, 1.54) is 22.6 Å². The van der Waals surface area contributed by atoms with Gasteiger partial charge in [0.25, 0.3) is 0 Å². The maximum atomic E-state index is 8.42. The van der Waals surface area contributed by atoms with Crippen LogP contribution in [-0.4, -0.2) is 27.6 Å². The molecule has 9 rings (SSSR count). The van der Waals surface area contributed by atoms with Crippen molar-refractivity contribution in [1.29, 1.82) is 0 Å². The molecule has 61 heavy (non-hydrogen) atoms. The van der Waals surface area contributed by atoms with Gasteiger partial charge in [-0.2, -0.15) is 11.3 Å². The zero-order valence-corrected chi connectivity index (χ0v) is 39.9. The minimum atomic E-state index is -2.41. The summed E-state index contributed by atoms with van der Waals surface area (Å²) in [6.45, 7) is 10.8. The number of hydrogen-bond acceptors (Lipinski definition) is 4. The van der Waals surface area contributed by atoms with Gasteiger partial charge in [-0.05, 0) is 98.7 Å². The van der Waals surface area contributed by atoms with Crippen molar-refractivity contribution in [3.05, 3.63) is 161 Å². The quantitative estimate of drug-likeness (QED) is 0.118. The molecule has 0 aliphatic heterocycles. The van der Waals surface area contributed by atoms with E-state index in [-0.39, 0.29) is 43.1 Å². The van der Waals surface area contributed by atoms with E-state index >= 15 is 0 Å². The predicted octanol–water partition coefficient (Wildman–Crippen LogP) is 14.5. The summed E-state index contributed by atoms with van der Waals surface area (Å²) in [6, 6.07) is 38.8. The van der Waals surface area contributed by atoms with Crippen LogP contribution in [0, 0.1) is 39.6 Å². The number of thiophene rings is 1. The molecule has 0 fully saturated rings. The number of imidazole rings is 1. The van der Waals surface area contributed by atoms with E-state index in [0.717, 1.165) is 55.9 Å². The maximum absolute atomic E-state index is 8.42. The molecule has 0 unspecified atom stereocenters. The molecule has 311 valence electrons. The number of benzene rings is 5. The Hall–Kier alpha value is -5.04. The smallest absolute Gasteiger partial charge is 0.0851 e. The van der Waals surface area contributed by atoms with E-state index in [1.54, 1.807) is 42.6 Å². The molecule has 0 spiro atoms. The van der Waals surface area contributed by atoms with Gasteiger partial charge in [0.1, 0.15) is 0 Å². The summed E-state index contributed by atoms with van der Waals surface area (Å²) in [6.07, 6.45) is 3.68. The third kappa shape index (κ3) is 8.72. The van der Waals surface area contributed by atoms with Gasteiger partial charge in [0.2, 0.25) is 0 Å². The van der Waals surface area contributed by atoms with Crippen LogP contribution in [0.5, 0.6) is 0 Å². The number of fused-ring (bicyclic) bond motifs is 4. The number of nitrogens with zero attached hydrogens (tertiary/aromatic N) is 4. The molecular formula is C54H54IrN4SSi-2. The van der Waals surface area contributed by atoms with Crippen LogP contribution in [-0.2, 0) is 20.1 Å². The van der Waals surface area contributed by atoms with Crippen molar-refractivity contribution in [2.45, 2.75) is 86.7 Å². The van der Waals surface area contributed by atoms with Gasteiger partial charge in [0.15, 0.2) is 0 Å². The fourth-order valence-corrected chi connectivity index (χ4v) is 10.0. The Morgan fingerprint density at radius 1 is 0.754 bits per heavy atom. The Bertz CT molecular complexity index is 3250. The summed E-state index contributed by atoms with van der Waals surface area (Å²) < 4.78 is 74.9. The average molecular weight is 1020 g/mol. The second-order valence-corrected chi connectivity index (χ2v) is 23.1. The van der Waals surface area contributed by atoms with Crippen LogP contribution in [0.3, 0.4) is 0 Å². The molecule has 4 aromatic heterocycles. The van der Waals surface area contributed by atoms with Gasteiger partial charge < -0.3 is 9.55 Å². The molecule has 0 saturated carbocycles. The molecule has 7 heteroatoms. The zero-order chi connectivity index (χ0) is 50.0. The molecule has 4 nitrogen and oxygen atoms in total. The third-order valence-electron chi connectivity index (χ3n) is 11.0. The summed E-state index contributed by atoms with van der Waals surface area (Å²) in [4.78, 5) is 14.4. The van der Waals surface area contributed by atoms with Gasteiger partial charge in [-0.25, -0.2) is 0 Å². The SMILES string of the molecule is [2H]C([2H])([2H])c1c[c-]c(-c2ccc([Si](C)(C)C)cn2)cc1.[2H]C([2H])([2H])c1ccc2c(c1)sc1c(-c3nc4ccnc(C)c4n3-c3c(C(C)C)cc(-c4ccccc4)cc3C(C)C)[c-]cc(C([2H])([2H])[2H])c12.[Ir]. The van der Waals surface area contributed by atoms with Crippen LogP contribution in [0.25, 0.3) is 70.7 Å². The van der Waals surface area contributed by atoms with Crippen molar-refractivity contribution >= 4 is 55.8 Å². The second kappa shape index (κ2) is 17.7. The molecule has 0 bridgehead atoms. The first-order valence-corrected chi connectivity index (χ1v) is 24.6. The van der Waals surface area contributed by atoms with E-state index in [9.17, 15) is 0 Å². The van der Waals surface area contributed by atoms with Gasteiger partial charge in [0.05, 0.1) is 30.6 Å². The second-order valence-electron chi connectivity index (χ2n) is 17.0. The van der Waals surface area contributed by atoms with E-state index in [1.807, 2.05) is 31.3 Å². The molecule has 0 aliphatic carbocycles. The Kier molecular flexibility index (Phi) is 9.76. The van der Waals surface area contributed by atoms with E-state index in [0.29, 0.717) is 37.1 Å². The molecule has 0 N–H and O–H groups in total. The van der Waals surface area contributed by atoms with Crippen LogP contribution in [0.4, 0.5) is 0 Å². The molecule has 9 aromatic rings. The number of pyridine rings is 2. The number of aryl methyl sites for hydroxylation is 4. The van der Waals surface area contributed by atoms with Crippen LogP contribution < -0.4 is 5.19 Å². The summed E-state index contributed by atoms with van der Waals surface area (Å²) in [5, 5.41) is 2.58. The zero-order valence-electron chi connectivity index (χ0n) is 44.7. The Labute approximate surface area is 393 Å². The first-order chi connectivity index (χ1) is 32.3. The Balaban J connectivity index is 0.000000289. The van der Waals surface area contributed by atoms with Crippen molar-refractivity contribution < 1.29 is 32.4 Å². The van der Waals surface area contributed by atoms with Crippen molar-refractivity contribution in [3.63, 3.8) is 0 Å². The Morgan fingerprint density at radius 3 is 2.11 bits per heavy atom.